The molecule has 0 saturated heterocycles. The van der Waals surface area contributed by atoms with E-state index in [0.717, 1.165) is 12.8 Å². The van der Waals surface area contributed by atoms with Crippen LogP contribution in [0.5, 0.6) is 0 Å². The van der Waals surface area contributed by atoms with E-state index in [4.69, 9.17) is 4.74 Å². The van der Waals surface area contributed by atoms with Gasteiger partial charge in [-0.05, 0) is 37.7 Å². The fraction of sp³-hybridized carbons (Fsp3) is 0.550. The zero-order valence-corrected chi connectivity index (χ0v) is 13.5. The Labute approximate surface area is 134 Å². The monoisotopic (exact) mass is 298 g/mol. The molecule has 2 rings (SSSR count). The predicted molar refractivity (Wildman–Crippen MR) is 89.4 cm³/mol. The Hall–Kier alpha value is -1.75. The zero-order valence-electron chi connectivity index (χ0n) is 13.5. The summed E-state index contributed by atoms with van der Waals surface area (Å²) in [6, 6.07) is 10.8. The Morgan fingerprint density at radius 2 is 2.00 bits per heavy atom. The van der Waals surface area contributed by atoms with Crippen LogP contribution in [0, 0.1) is 17.8 Å². The van der Waals surface area contributed by atoms with E-state index in [2.05, 4.69) is 42.2 Å². The molecule has 0 radical (unpaired) electrons. The molecule has 0 spiro atoms. The lowest BCUT2D eigenvalue weighted by Gasteiger charge is -2.28. The second-order valence-corrected chi connectivity index (χ2v) is 5.89. The molecule has 1 aliphatic rings. The van der Waals surface area contributed by atoms with Crippen LogP contribution in [0.4, 0.5) is 0 Å². The summed E-state index contributed by atoms with van der Waals surface area (Å²) in [6.45, 7) is 2.30. The van der Waals surface area contributed by atoms with E-state index in [9.17, 15) is 4.79 Å². The minimum absolute atomic E-state index is 0.107. The third kappa shape index (κ3) is 5.22. The average Bonchev–Trinajstić information content (AvgIpc) is 2.56. The van der Waals surface area contributed by atoms with Crippen molar-refractivity contribution in [1.29, 1.82) is 0 Å². The highest BCUT2D eigenvalue weighted by Crippen LogP contribution is 2.37. The fourth-order valence-electron chi connectivity index (χ4n) is 3.16. The number of unbranched alkanes of at least 4 members (excludes halogenated alkanes) is 1. The fourth-order valence-corrected chi connectivity index (χ4v) is 3.16. The maximum Gasteiger partial charge on any atom is 0.305 e. The molecule has 2 atom stereocenters. The molecule has 1 aliphatic carbocycles. The first-order valence-corrected chi connectivity index (χ1v) is 8.50. The van der Waals surface area contributed by atoms with Crippen LogP contribution >= 0.6 is 0 Å². The standard InChI is InChI=1S/C20H26O2/c1-2-22-20(21)16-8-4-7-13-18-14-9-10-15-19(18)17-11-5-3-6-12-17/h3,5-6,11-12,18-19H,2,4,8-10,14-16H2,1H3/t18-,19+/m1/s1. The molecule has 0 bridgehead atoms. The Balaban J connectivity index is 1.85. The van der Waals surface area contributed by atoms with Gasteiger partial charge in [0.2, 0.25) is 0 Å². The van der Waals surface area contributed by atoms with Gasteiger partial charge in [0.05, 0.1) is 6.61 Å². The van der Waals surface area contributed by atoms with E-state index in [1.807, 2.05) is 6.92 Å². The molecule has 2 heteroatoms. The molecule has 0 aromatic heterocycles. The summed E-state index contributed by atoms with van der Waals surface area (Å²) in [5.41, 5.74) is 1.42. The Morgan fingerprint density at radius 1 is 1.23 bits per heavy atom. The van der Waals surface area contributed by atoms with Crippen LogP contribution in [0.15, 0.2) is 30.3 Å². The van der Waals surface area contributed by atoms with Crippen LogP contribution in [0.2, 0.25) is 0 Å². The van der Waals surface area contributed by atoms with E-state index < -0.39 is 0 Å². The highest BCUT2D eigenvalue weighted by Gasteiger charge is 2.24. The predicted octanol–water partition coefficient (Wildman–Crippen LogP) is 4.70. The maximum atomic E-state index is 11.3. The van der Waals surface area contributed by atoms with E-state index in [1.54, 1.807) is 0 Å². The topological polar surface area (TPSA) is 26.3 Å². The van der Waals surface area contributed by atoms with E-state index in [0.29, 0.717) is 24.9 Å². The first-order valence-electron chi connectivity index (χ1n) is 8.50. The van der Waals surface area contributed by atoms with Gasteiger partial charge in [-0.3, -0.25) is 4.79 Å². The van der Waals surface area contributed by atoms with Crippen molar-refractivity contribution in [3.63, 3.8) is 0 Å². The third-order valence-corrected chi connectivity index (χ3v) is 4.27. The second kappa shape index (κ2) is 9.30. The number of hydrogen-bond donors (Lipinski definition) is 0. The van der Waals surface area contributed by atoms with Crippen LogP contribution in [0.1, 0.15) is 63.4 Å². The van der Waals surface area contributed by atoms with Gasteiger partial charge in [-0.1, -0.05) is 49.1 Å². The van der Waals surface area contributed by atoms with Crippen LogP contribution in [-0.2, 0) is 9.53 Å². The molecule has 0 unspecified atom stereocenters. The van der Waals surface area contributed by atoms with Gasteiger partial charge in [0.1, 0.15) is 0 Å². The van der Waals surface area contributed by atoms with Crippen LogP contribution in [-0.4, -0.2) is 12.6 Å². The average molecular weight is 298 g/mol. The van der Waals surface area contributed by atoms with Crippen LogP contribution in [0.25, 0.3) is 0 Å². The Bertz CT molecular complexity index is 510. The number of carbonyl (C=O) groups excluding carboxylic acids is 1. The second-order valence-electron chi connectivity index (χ2n) is 5.89. The van der Waals surface area contributed by atoms with Crippen LogP contribution in [0.3, 0.4) is 0 Å². The van der Waals surface area contributed by atoms with Crippen molar-refractivity contribution in [3.05, 3.63) is 35.9 Å². The lowest BCUT2D eigenvalue weighted by molar-refractivity contribution is -0.143. The molecule has 1 aromatic rings. The van der Waals surface area contributed by atoms with Crippen molar-refractivity contribution < 1.29 is 9.53 Å². The molecular formula is C20H26O2. The summed E-state index contributed by atoms with van der Waals surface area (Å²) in [7, 11) is 0. The van der Waals surface area contributed by atoms with Crippen molar-refractivity contribution in [1.82, 2.24) is 0 Å². The number of esters is 1. The van der Waals surface area contributed by atoms with E-state index in [1.165, 1.54) is 31.2 Å². The summed E-state index contributed by atoms with van der Waals surface area (Å²) in [4.78, 5) is 11.3. The molecule has 0 aliphatic heterocycles. The summed E-state index contributed by atoms with van der Waals surface area (Å²) < 4.78 is 4.93. The summed E-state index contributed by atoms with van der Waals surface area (Å²) in [5, 5.41) is 0. The van der Waals surface area contributed by atoms with Gasteiger partial charge in [-0.25, -0.2) is 0 Å². The summed E-state index contributed by atoms with van der Waals surface area (Å²) >= 11 is 0. The van der Waals surface area contributed by atoms with Gasteiger partial charge in [0, 0.05) is 18.8 Å². The summed E-state index contributed by atoms with van der Waals surface area (Å²) in [6.07, 6.45) is 7.10. The molecule has 0 N–H and O–H groups in total. The maximum absolute atomic E-state index is 11.3. The van der Waals surface area contributed by atoms with Crippen molar-refractivity contribution >= 4 is 5.97 Å². The minimum atomic E-state index is -0.107. The lowest BCUT2D eigenvalue weighted by Crippen LogP contribution is -2.16. The van der Waals surface area contributed by atoms with Crippen molar-refractivity contribution in [2.45, 2.75) is 57.8 Å². The van der Waals surface area contributed by atoms with Gasteiger partial charge >= 0.3 is 5.97 Å². The minimum Gasteiger partial charge on any atom is -0.466 e. The third-order valence-electron chi connectivity index (χ3n) is 4.27. The SMILES string of the molecule is CCOC(=O)CCCC#C[C@@H]1CCCC[C@H]1c1ccccc1. The smallest absolute Gasteiger partial charge is 0.305 e. The van der Waals surface area contributed by atoms with Gasteiger partial charge in [-0.2, -0.15) is 0 Å². The molecule has 0 heterocycles. The zero-order chi connectivity index (χ0) is 15.6. The van der Waals surface area contributed by atoms with Crippen molar-refractivity contribution in [2.24, 2.45) is 5.92 Å². The number of hydrogen-bond acceptors (Lipinski definition) is 2. The molecule has 1 saturated carbocycles. The van der Waals surface area contributed by atoms with Gasteiger partial charge in [0.15, 0.2) is 0 Å². The number of ether oxygens (including phenoxy) is 1. The highest BCUT2D eigenvalue weighted by atomic mass is 16.5. The molecule has 22 heavy (non-hydrogen) atoms. The quantitative estimate of drug-likeness (QED) is 0.447. The summed E-state index contributed by atoms with van der Waals surface area (Å²) in [5.74, 6) is 7.71. The molecule has 118 valence electrons. The molecule has 2 nitrogen and oxygen atoms in total. The van der Waals surface area contributed by atoms with E-state index >= 15 is 0 Å². The molecular weight excluding hydrogens is 272 g/mol. The van der Waals surface area contributed by atoms with Gasteiger partial charge in [-0.15, -0.1) is 5.92 Å². The van der Waals surface area contributed by atoms with Gasteiger partial charge in [0.25, 0.3) is 0 Å². The first-order chi connectivity index (χ1) is 10.8. The normalized spacial score (nSPS) is 20.8. The highest BCUT2D eigenvalue weighted by molar-refractivity contribution is 5.69. The van der Waals surface area contributed by atoms with Crippen molar-refractivity contribution in [2.75, 3.05) is 6.61 Å². The van der Waals surface area contributed by atoms with E-state index in [-0.39, 0.29) is 5.97 Å². The first kappa shape index (κ1) is 16.6. The number of carbonyl (C=O) groups is 1. The molecule has 1 fully saturated rings. The Kier molecular flexibility index (Phi) is 7.03. The van der Waals surface area contributed by atoms with Crippen LogP contribution < -0.4 is 0 Å². The van der Waals surface area contributed by atoms with Crippen molar-refractivity contribution in [3.8, 4) is 11.8 Å². The molecule has 1 aromatic carbocycles. The molecule has 0 amide bonds. The number of rotatable bonds is 5. The lowest BCUT2D eigenvalue weighted by atomic mass is 9.76. The largest absolute Gasteiger partial charge is 0.466 e. The van der Waals surface area contributed by atoms with Gasteiger partial charge < -0.3 is 4.74 Å². The Morgan fingerprint density at radius 3 is 2.77 bits per heavy atom. The number of benzene rings is 1.